The number of anilines is 1. The molecule has 22 heavy (non-hydrogen) atoms. The third kappa shape index (κ3) is 3.17. The van der Waals surface area contributed by atoms with E-state index in [1.807, 2.05) is 49.4 Å². The molecule has 0 saturated heterocycles. The average Bonchev–Trinajstić information content (AvgIpc) is 2.97. The van der Waals surface area contributed by atoms with Crippen LogP contribution in [0.1, 0.15) is 18.5 Å². The SMILES string of the molecule is C[C@H](NC(=O)Nc1ccccc1Br)c1ccc2c(c1)OCO2. The number of nitrogens with one attached hydrogen (secondary N) is 2. The fourth-order valence-corrected chi connectivity index (χ4v) is 2.57. The van der Waals surface area contributed by atoms with Crippen molar-refractivity contribution in [2.24, 2.45) is 0 Å². The lowest BCUT2D eigenvalue weighted by molar-refractivity contribution is 0.174. The van der Waals surface area contributed by atoms with Crippen LogP contribution in [0.4, 0.5) is 10.5 Å². The summed E-state index contributed by atoms with van der Waals surface area (Å²) in [6.07, 6.45) is 0. The summed E-state index contributed by atoms with van der Waals surface area (Å²) in [5.41, 5.74) is 1.67. The molecule has 2 aromatic carbocycles. The Bertz CT molecular complexity index is 706. The standard InChI is InChI=1S/C16H15BrN2O3/c1-10(11-6-7-14-15(8-11)22-9-21-14)18-16(20)19-13-5-3-2-4-12(13)17/h2-8,10H,9H2,1H3,(H2,18,19,20)/t10-/m0/s1. The van der Waals surface area contributed by atoms with Crippen molar-refractivity contribution in [3.63, 3.8) is 0 Å². The molecular weight excluding hydrogens is 348 g/mol. The van der Waals surface area contributed by atoms with Gasteiger partial charge in [0.1, 0.15) is 0 Å². The van der Waals surface area contributed by atoms with Crippen LogP contribution in [-0.4, -0.2) is 12.8 Å². The number of carbonyl (C=O) groups excluding carboxylic acids is 1. The second-order valence-electron chi connectivity index (χ2n) is 4.91. The van der Waals surface area contributed by atoms with E-state index >= 15 is 0 Å². The number of ether oxygens (including phenoxy) is 2. The summed E-state index contributed by atoms with van der Waals surface area (Å²) in [6, 6.07) is 12.7. The van der Waals surface area contributed by atoms with Gasteiger partial charge < -0.3 is 20.1 Å². The number of hydrogen-bond acceptors (Lipinski definition) is 3. The molecule has 0 spiro atoms. The van der Waals surface area contributed by atoms with Crippen LogP contribution in [0.15, 0.2) is 46.9 Å². The fraction of sp³-hybridized carbons (Fsp3) is 0.188. The Kier molecular flexibility index (Phi) is 4.20. The van der Waals surface area contributed by atoms with E-state index in [1.165, 1.54) is 0 Å². The molecule has 0 unspecified atom stereocenters. The van der Waals surface area contributed by atoms with E-state index in [2.05, 4.69) is 26.6 Å². The van der Waals surface area contributed by atoms with E-state index in [9.17, 15) is 4.79 Å². The van der Waals surface area contributed by atoms with Gasteiger partial charge in [-0.05, 0) is 52.7 Å². The monoisotopic (exact) mass is 362 g/mol. The molecular formula is C16H15BrN2O3. The minimum Gasteiger partial charge on any atom is -0.454 e. The van der Waals surface area contributed by atoms with Gasteiger partial charge in [0.05, 0.1) is 11.7 Å². The van der Waals surface area contributed by atoms with Crippen molar-refractivity contribution < 1.29 is 14.3 Å². The molecule has 0 radical (unpaired) electrons. The predicted molar refractivity (Wildman–Crippen MR) is 87.3 cm³/mol. The van der Waals surface area contributed by atoms with Crippen LogP contribution in [-0.2, 0) is 0 Å². The van der Waals surface area contributed by atoms with Gasteiger partial charge in [-0.2, -0.15) is 0 Å². The Labute approximate surface area is 136 Å². The van der Waals surface area contributed by atoms with Crippen molar-refractivity contribution in [1.29, 1.82) is 0 Å². The highest BCUT2D eigenvalue weighted by Gasteiger charge is 2.17. The van der Waals surface area contributed by atoms with Gasteiger partial charge in [0.25, 0.3) is 0 Å². The summed E-state index contributed by atoms with van der Waals surface area (Å²) < 4.78 is 11.5. The molecule has 3 rings (SSSR count). The molecule has 0 saturated carbocycles. The molecule has 0 bridgehead atoms. The zero-order valence-corrected chi connectivity index (χ0v) is 13.5. The molecule has 5 nitrogen and oxygen atoms in total. The van der Waals surface area contributed by atoms with E-state index in [1.54, 1.807) is 0 Å². The van der Waals surface area contributed by atoms with Crippen LogP contribution < -0.4 is 20.1 Å². The van der Waals surface area contributed by atoms with Gasteiger partial charge in [-0.1, -0.05) is 18.2 Å². The predicted octanol–water partition coefficient (Wildman–Crippen LogP) is 4.06. The average molecular weight is 363 g/mol. The van der Waals surface area contributed by atoms with Crippen molar-refractivity contribution >= 4 is 27.6 Å². The van der Waals surface area contributed by atoms with Gasteiger partial charge in [-0.15, -0.1) is 0 Å². The molecule has 114 valence electrons. The highest BCUT2D eigenvalue weighted by atomic mass is 79.9. The number of fused-ring (bicyclic) bond motifs is 1. The Morgan fingerprint density at radius 3 is 2.77 bits per heavy atom. The van der Waals surface area contributed by atoms with Gasteiger partial charge in [0.2, 0.25) is 6.79 Å². The lowest BCUT2D eigenvalue weighted by atomic mass is 10.1. The van der Waals surface area contributed by atoms with Crippen LogP contribution in [0.2, 0.25) is 0 Å². The number of halogens is 1. The molecule has 2 N–H and O–H groups in total. The van der Waals surface area contributed by atoms with E-state index < -0.39 is 0 Å². The summed E-state index contributed by atoms with van der Waals surface area (Å²) in [5, 5.41) is 5.71. The Balaban J connectivity index is 1.65. The van der Waals surface area contributed by atoms with Crippen LogP contribution in [0.3, 0.4) is 0 Å². The molecule has 1 aliphatic heterocycles. The van der Waals surface area contributed by atoms with Crippen LogP contribution >= 0.6 is 15.9 Å². The number of para-hydroxylation sites is 1. The van der Waals surface area contributed by atoms with E-state index in [0.717, 1.165) is 21.5 Å². The maximum Gasteiger partial charge on any atom is 0.319 e. The molecule has 0 aliphatic carbocycles. The van der Waals surface area contributed by atoms with Gasteiger partial charge in [0.15, 0.2) is 11.5 Å². The topological polar surface area (TPSA) is 59.6 Å². The minimum absolute atomic E-state index is 0.156. The number of urea groups is 1. The number of amides is 2. The van der Waals surface area contributed by atoms with Crippen molar-refractivity contribution in [3.8, 4) is 11.5 Å². The van der Waals surface area contributed by atoms with Gasteiger partial charge in [0, 0.05) is 4.47 Å². The van der Waals surface area contributed by atoms with Crippen LogP contribution in [0, 0.1) is 0 Å². The molecule has 1 heterocycles. The summed E-state index contributed by atoms with van der Waals surface area (Å²) in [7, 11) is 0. The minimum atomic E-state index is -0.267. The number of hydrogen-bond donors (Lipinski definition) is 2. The maximum atomic E-state index is 12.1. The van der Waals surface area contributed by atoms with Gasteiger partial charge >= 0.3 is 6.03 Å². The van der Waals surface area contributed by atoms with Crippen molar-refractivity contribution in [1.82, 2.24) is 5.32 Å². The van der Waals surface area contributed by atoms with Crippen LogP contribution in [0.25, 0.3) is 0 Å². The zero-order valence-electron chi connectivity index (χ0n) is 11.9. The first-order valence-electron chi connectivity index (χ1n) is 6.85. The first kappa shape index (κ1) is 14.7. The first-order valence-corrected chi connectivity index (χ1v) is 7.64. The Morgan fingerprint density at radius 2 is 1.95 bits per heavy atom. The maximum absolute atomic E-state index is 12.1. The van der Waals surface area contributed by atoms with Crippen molar-refractivity contribution in [2.45, 2.75) is 13.0 Å². The second kappa shape index (κ2) is 6.27. The van der Waals surface area contributed by atoms with Gasteiger partial charge in [-0.25, -0.2) is 4.79 Å². The molecule has 1 atom stereocenters. The van der Waals surface area contributed by atoms with E-state index in [-0.39, 0.29) is 18.9 Å². The third-order valence-electron chi connectivity index (χ3n) is 3.37. The molecule has 0 aromatic heterocycles. The van der Waals surface area contributed by atoms with Crippen molar-refractivity contribution in [3.05, 3.63) is 52.5 Å². The Hall–Kier alpha value is -2.21. The fourth-order valence-electron chi connectivity index (χ4n) is 2.18. The van der Waals surface area contributed by atoms with E-state index in [4.69, 9.17) is 9.47 Å². The second-order valence-corrected chi connectivity index (χ2v) is 5.77. The van der Waals surface area contributed by atoms with E-state index in [0.29, 0.717) is 5.75 Å². The smallest absolute Gasteiger partial charge is 0.319 e. The summed E-state index contributed by atoms with van der Waals surface area (Å²) in [4.78, 5) is 12.1. The molecule has 1 aliphatic rings. The largest absolute Gasteiger partial charge is 0.454 e. The lowest BCUT2D eigenvalue weighted by Crippen LogP contribution is -2.31. The summed E-state index contributed by atoms with van der Waals surface area (Å²) in [6.45, 7) is 2.15. The lowest BCUT2D eigenvalue weighted by Gasteiger charge is -2.16. The molecule has 2 amide bonds. The zero-order chi connectivity index (χ0) is 15.5. The quantitative estimate of drug-likeness (QED) is 0.865. The summed E-state index contributed by atoms with van der Waals surface area (Å²) >= 11 is 3.40. The number of carbonyl (C=O) groups is 1. The van der Waals surface area contributed by atoms with Gasteiger partial charge in [-0.3, -0.25) is 0 Å². The number of benzene rings is 2. The van der Waals surface area contributed by atoms with Crippen LogP contribution in [0.5, 0.6) is 11.5 Å². The molecule has 0 fully saturated rings. The Morgan fingerprint density at radius 1 is 1.18 bits per heavy atom. The first-order chi connectivity index (χ1) is 10.6. The molecule has 2 aromatic rings. The normalized spacial score (nSPS) is 13.5. The van der Waals surface area contributed by atoms with Crippen molar-refractivity contribution in [2.75, 3.05) is 12.1 Å². The summed E-state index contributed by atoms with van der Waals surface area (Å²) in [5.74, 6) is 1.44. The third-order valence-corrected chi connectivity index (χ3v) is 4.06. The highest BCUT2D eigenvalue weighted by Crippen LogP contribution is 2.34. The molecule has 6 heteroatoms. The number of rotatable bonds is 3. The highest BCUT2D eigenvalue weighted by molar-refractivity contribution is 9.10.